The summed E-state index contributed by atoms with van der Waals surface area (Å²) in [6, 6.07) is 5.34. The fraction of sp³-hybridized carbons (Fsp3) is 0.500. The topological polar surface area (TPSA) is 65.3 Å². The fourth-order valence-electron chi connectivity index (χ4n) is 2.20. The lowest BCUT2D eigenvalue weighted by Gasteiger charge is -2.26. The lowest BCUT2D eigenvalue weighted by Crippen LogP contribution is -2.43. The summed E-state index contributed by atoms with van der Waals surface area (Å²) in [7, 11) is 0. The van der Waals surface area contributed by atoms with Crippen molar-refractivity contribution in [1.82, 2.24) is 0 Å². The zero-order chi connectivity index (χ0) is 14.0. The van der Waals surface area contributed by atoms with Gasteiger partial charge >= 0.3 is 0 Å². The van der Waals surface area contributed by atoms with Gasteiger partial charge in [-0.25, -0.2) is 0 Å². The maximum Gasteiger partial charge on any atom is 0.107 e. The number of nitrogens with zero attached hydrogens (tertiary/aromatic N) is 1. The number of nitrogens with one attached hydrogen (secondary N) is 1. The van der Waals surface area contributed by atoms with Gasteiger partial charge in [-0.1, -0.05) is 18.5 Å². The molecular formula is C14H17ClN2O2. The number of aliphatic hydroxyl groups is 1. The minimum Gasteiger partial charge on any atom is -0.386 e. The van der Waals surface area contributed by atoms with E-state index in [1.165, 1.54) is 0 Å². The van der Waals surface area contributed by atoms with Gasteiger partial charge < -0.3 is 15.2 Å². The molecule has 1 saturated heterocycles. The summed E-state index contributed by atoms with van der Waals surface area (Å²) in [6.45, 7) is 4.48. The average Bonchev–Trinajstić information content (AvgIpc) is 2.70. The monoisotopic (exact) mass is 280 g/mol. The molecule has 1 aliphatic heterocycles. The first-order chi connectivity index (χ1) is 8.97. The summed E-state index contributed by atoms with van der Waals surface area (Å²) < 4.78 is 5.29. The molecule has 0 bridgehead atoms. The number of ether oxygens (including phenoxy) is 1. The quantitative estimate of drug-likeness (QED) is 0.892. The van der Waals surface area contributed by atoms with Crippen molar-refractivity contribution in [2.24, 2.45) is 0 Å². The van der Waals surface area contributed by atoms with Crippen LogP contribution in [0.3, 0.4) is 0 Å². The van der Waals surface area contributed by atoms with Crippen molar-refractivity contribution in [2.45, 2.75) is 31.9 Å². The molecule has 0 spiro atoms. The molecular weight excluding hydrogens is 264 g/mol. The van der Waals surface area contributed by atoms with E-state index in [1.54, 1.807) is 13.0 Å². The van der Waals surface area contributed by atoms with Gasteiger partial charge in [-0.2, -0.15) is 5.26 Å². The van der Waals surface area contributed by atoms with Crippen molar-refractivity contribution in [3.8, 4) is 6.07 Å². The Bertz CT molecular complexity index is 523. The van der Waals surface area contributed by atoms with Crippen molar-refractivity contribution in [2.75, 3.05) is 18.5 Å². The Balaban J connectivity index is 2.32. The van der Waals surface area contributed by atoms with Gasteiger partial charge in [0.2, 0.25) is 0 Å². The van der Waals surface area contributed by atoms with Crippen LogP contribution in [-0.2, 0) is 11.2 Å². The second-order valence-corrected chi connectivity index (χ2v) is 5.43. The van der Waals surface area contributed by atoms with Crippen LogP contribution in [0.2, 0.25) is 5.02 Å². The maximum atomic E-state index is 10.2. The molecule has 0 radical (unpaired) electrons. The van der Waals surface area contributed by atoms with Crippen LogP contribution in [0.25, 0.3) is 0 Å². The number of hydrogen-bond acceptors (Lipinski definition) is 4. The number of anilines is 1. The van der Waals surface area contributed by atoms with Gasteiger partial charge in [0.05, 0.1) is 41.6 Å². The number of hydrogen-bond donors (Lipinski definition) is 2. The first kappa shape index (κ1) is 14.1. The van der Waals surface area contributed by atoms with Gasteiger partial charge in [-0.05, 0) is 31.0 Å². The summed E-state index contributed by atoms with van der Waals surface area (Å²) in [5, 5.41) is 22.9. The van der Waals surface area contributed by atoms with Crippen LogP contribution in [0.4, 0.5) is 5.69 Å². The summed E-state index contributed by atoms with van der Waals surface area (Å²) in [6.07, 6.45) is 0.757. The van der Waals surface area contributed by atoms with E-state index in [2.05, 4.69) is 11.4 Å². The maximum absolute atomic E-state index is 10.2. The van der Waals surface area contributed by atoms with E-state index < -0.39 is 5.60 Å². The fourth-order valence-corrected chi connectivity index (χ4v) is 2.50. The van der Waals surface area contributed by atoms with Gasteiger partial charge in [0, 0.05) is 0 Å². The van der Waals surface area contributed by atoms with E-state index >= 15 is 0 Å². The minimum atomic E-state index is -0.914. The van der Waals surface area contributed by atoms with E-state index in [9.17, 15) is 5.11 Å². The van der Waals surface area contributed by atoms with E-state index in [-0.39, 0.29) is 6.04 Å². The molecule has 4 nitrogen and oxygen atoms in total. The molecule has 1 aromatic carbocycles. The zero-order valence-electron chi connectivity index (χ0n) is 11.0. The summed E-state index contributed by atoms with van der Waals surface area (Å²) in [5.74, 6) is 0. The Hall–Kier alpha value is -1.28. The Morgan fingerprint density at radius 1 is 1.63 bits per heavy atom. The lowest BCUT2D eigenvalue weighted by atomic mass is 9.99. The molecule has 5 heteroatoms. The van der Waals surface area contributed by atoms with Crippen molar-refractivity contribution in [3.05, 3.63) is 28.3 Å². The van der Waals surface area contributed by atoms with Crippen LogP contribution >= 0.6 is 11.6 Å². The van der Waals surface area contributed by atoms with Crippen LogP contribution in [0, 0.1) is 11.3 Å². The van der Waals surface area contributed by atoms with Gasteiger partial charge in [-0.3, -0.25) is 0 Å². The molecule has 1 fully saturated rings. The predicted octanol–water partition coefficient (Wildman–Crippen LogP) is 2.34. The molecule has 0 aliphatic carbocycles. The summed E-state index contributed by atoms with van der Waals surface area (Å²) >= 11 is 6.23. The molecule has 19 heavy (non-hydrogen) atoms. The minimum absolute atomic E-state index is 0.205. The first-order valence-electron chi connectivity index (χ1n) is 6.27. The molecule has 0 aromatic heterocycles. The SMILES string of the molecule is CCc1cc(C#N)cc(Cl)c1NC1COCC1(C)O. The smallest absolute Gasteiger partial charge is 0.107 e. The van der Waals surface area contributed by atoms with Crippen molar-refractivity contribution in [3.63, 3.8) is 0 Å². The van der Waals surface area contributed by atoms with Gasteiger partial charge in [-0.15, -0.1) is 0 Å². The largest absolute Gasteiger partial charge is 0.386 e. The lowest BCUT2D eigenvalue weighted by molar-refractivity contribution is 0.0389. The van der Waals surface area contributed by atoms with Crippen molar-refractivity contribution >= 4 is 17.3 Å². The second-order valence-electron chi connectivity index (χ2n) is 5.03. The highest BCUT2D eigenvalue weighted by Gasteiger charge is 2.38. The van der Waals surface area contributed by atoms with Gasteiger partial charge in [0.15, 0.2) is 0 Å². The molecule has 1 heterocycles. The molecule has 2 N–H and O–H groups in total. The first-order valence-corrected chi connectivity index (χ1v) is 6.65. The van der Waals surface area contributed by atoms with Crippen LogP contribution in [0.1, 0.15) is 25.0 Å². The molecule has 102 valence electrons. The number of halogens is 1. The number of nitriles is 1. The molecule has 2 unspecified atom stereocenters. The van der Waals surface area contributed by atoms with Crippen LogP contribution in [0.15, 0.2) is 12.1 Å². The third kappa shape index (κ3) is 2.84. The normalized spacial score (nSPS) is 26.2. The zero-order valence-corrected chi connectivity index (χ0v) is 11.8. The summed E-state index contributed by atoms with van der Waals surface area (Å²) in [5.41, 5.74) is 1.37. The average molecular weight is 281 g/mol. The highest BCUT2D eigenvalue weighted by molar-refractivity contribution is 6.33. The Labute approximate surface area is 117 Å². The predicted molar refractivity (Wildman–Crippen MR) is 74.4 cm³/mol. The van der Waals surface area contributed by atoms with E-state index in [0.717, 1.165) is 17.7 Å². The highest BCUT2D eigenvalue weighted by Crippen LogP contribution is 2.31. The van der Waals surface area contributed by atoms with Gasteiger partial charge in [0.1, 0.15) is 5.60 Å². The Morgan fingerprint density at radius 2 is 2.37 bits per heavy atom. The number of aryl methyl sites for hydroxylation is 1. The molecule has 1 aliphatic rings. The molecule has 0 amide bonds. The third-order valence-corrected chi connectivity index (χ3v) is 3.73. The van der Waals surface area contributed by atoms with Crippen molar-refractivity contribution < 1.29 is 9.84 Å². The van der Waals surface area contributed by atoms with Crippen LogP contribution in [-0.4, -0.2) is 30.0 Å². The van der Waals surface area contributed by atoms with Crippen LogP contribution in [0.5, 0.6) is 0 Å². The van der Waals surface area contributed by atoms with E-state index in [4.69, 9.17) is 21.6 Å². The van der Waals surface area contributed by atoms with E-state index in [1.807, 2.05) is 13.0 Å². The van der Waals surface area contributed by atoms with Crippen LogP contribution < -0.4 is 5.32 Å². The molecule has 0 saturated carbocycles. The van der Waals surface area contributed by atoms with Crippen molar-refractivity contribution in [1.29, 1.82) is 5.26 Å². The van der Waals surface area contributed by atoms with E-state index in [0.29, 0.717) is 23.8 Å². The molecule has 1 aromatic rings. The highest BCUT2D eigenvalue weighted by atomic mass is 35.5. The molecule has 2 atom stereocenters. The Kier molecular flexibility index (Phi) is 4.00. The number of benzene rings is 1. The Morgan fingerprint density at radius 3 is 2.89 bits per heavy atom. The summed E-state index contributed by atoms with van der Waals surface area (Å²) in [4.78, 5) is 0. The second kappa shape index (κ2) is 5.38. The third-order valence-electron chi connectivity index (χ3n) is 3.43. The standard InChI is InChI=1S/C14H17ClN2O2/c1-3-10-4-9(6-16)5-11(15)13(10)17-12-7-19-8-14(12,2)18/h4-5,12,17-18H,3,7-8H2,1-2H3. The van der Waals surface area contributed by atoms with Gasteiger partial charge in [0.25, 0.3) is 0 Å². The number of rotatable bonds is 3. The molecule has 2 rings (SSSR count).